The Morgan fingerprint density at radius 3 is 2.74 bits per heavy atom. The Morgan fingerprint density at radius 2 is 2.00 bits per heavy atom. The van der Waals surface area contributed by atoms with Crippen LogP contribution in [0.5, 0.6) is 0 Å². The average Bonchev–Trinajstić information content (AvgIpc) is 3.27. The monoisotopic (exact) mass is 401 g/mol. The summed E-state index contributed by atoms with van der Waals surface area (Å²) in [6, 6.07) is 14.3. The lowest BCUT2D eigenvalue weighted by molar-refractivity contribution is -0.110. The van der Waals surface area contributed by atoms with Crippen molar-refractivity contribution in [3.05, 3.63) is 54.1 Å². The predicted molar refractivity (Wildman–Crippen MR) is 104 cm³/mol. The summed E-state index contributed by atoms with van der Waals surface area (Å²) in [6.07, 6.45) is 1.25. The summed E-state index contributed by atoms with van der Waals surface area (Å²) < 4.78 is 24.0. The topological polar surface area (TPSA) is 97.7 Å². The fourth-order valence-corrected chi connectivity index (χ4v) is 4.34. The van der Waals surface area contributed by atoms with Crippen LogP contribution in [0, 0.1) is 0 Å². The number of thiazole rings is 1. The van der Waals surface area contributed by atoms with Crippen LogP contribution in [0.2, 0.25) is 0 Å². The van der Waals surface area contributed by atoms with Gasteiger partial charge >= 0.3 is 0 Å². The molecule has 1 N–H and O–H groups in total. The number of sulfone groups is 1. The number of carbonyl (C=O) groups is 1. The molecule has 7 nitrogen and oxygen atoms in total. The van der Waals surface area contributed by atoms with E-state index in [-0.39, 0.29) is 16.9 Å². The predicted octanol–water partition coefficient (Wildman–Crippen LogP) is 3.16. The van der Waals surface area contributed by atoms with Gasteiger partial charge in [-0.25, -0.2) is 13.4 Å². The van der Waals surface area contributed by atoms with Crippen LogP contribution in [0.3, 0.4) is 0 Å². The van der Waals surface area contributed by atoms with Crippen LogP contribution in [0.25, 0.3) is 10.2 Å². The molecule has 1 aliphatic heterocycles. The number of aromatic nitrogens is 1. The normalized spacial score (nSPS) is 16.8. The van der Waals surface area contributed by atoms with E-state index in [2.05, 4.69) is 15.5 Å². The number of nitrogens with one attached hydrogen (secondary N) is 1. The molecule has 1 atom stereocenters. The standard InChI is InChI=1S/C18H15N3O4S2/c1-27(23,24)12-7-8-13-16(9-12)26-18(19-13)20-17(22)14-10-15(25-21-14)11-5-3-2-4-6-11/h2-9,15H,10H2,1H3,(H,19,20,22). The van der Waals surface area contributed by atoms with Gasteiger partial charge < -0.3 is 4.84 Å². The van der Waals surface area contributed by atoms with Gasteiger partial charge in [0, 0.05) is 12.7 Å². The van der Waals surface area contributed by atoms with Gasteiger partial charge in [0.1, 0.15) is 5.71 Å². The quantitative estimate of drug-likeness (QED) is 0.724. The van der Waals surface area contributed by atoms with E-state index in [0.717, 1.165) is 11.8 Å². The van der Waals surface area contributed by atoms with Gasteiger partial charge in [0.05, 0.1) is 15.1 Å². The fraction of sp³-hybridized carbons (Fsp3) is 0.167. The number of carbonyl (C=O) groups excluding carboxylic acids is 1. The van der Waals surface area contributed by atoms with E-state index in [1.54, 1.807) is 12.1 Å². The number of amides is 1. The van der Waals surface area contributed by atoms with E-state index < -0.39 is 9.84 Å². The van der Waals surface area contributed by atoms with Crippen molar-refractivity contribution in [2.45, 2.75) is 17.4 Å². The first-order chi connectivity index (χ1) is 12.9. The minimum absolute atomic E-state index is 0.218. The molecule has 0 radical (unpaired) electrons. The van der Waals surface area contributed by atoms with E-state index in [4.69, 9.17) is 4.84 Å². The summed E-state index contributed by atoms with van der Waals surface area (Å²) >= 11 is 1.21. The van der Waals surface area contributed by atoms with Gasteiger partial charge in [-0.2, -0.15) is 0 Å². The number of hydrogen-bond acceptors (Lipinski definition) is 7. The molecular weight excluding hydrogens is 386 g/mol. The first-order valence-electron chi connectivity index (χ1n) is 8.10. The molecule has 2 heterocycles. The highest BCUT2D eigenvalue weighted by molar-refractivity contribution is 7.90. The SMILES string of the molecule is CS(=O)(=O)c1ccc2nc(NC(=O)C3=NOC(c4ccccc4)C3)sc2c1. The number of anilines is 1. The average molecular weight is 401 g/mol. The van der Waals surface area contributed by atoms with E-state index in [0.29, 0.717) is 27.5 Å². The Kier molecular flexibility index (Phi) is 4.40. The molecule has 0 aliphatic carbocycles. The zero-order valence-corrected chi connectivity index (χ0v) is 15.9. The van der Waals surface area contributed by atoms with Crippen LogP contribution in [-0.2, 0) is 19.5 Å². The molecule has 0 fully saturated rings. The molecule has 3 aromatic rings. The van der Waals surface area contributed by atoms with Crippen molar-refractivity contribution in [1.82, 2.24) is 4.98 Å². The molecule has 27 heavy (non-hydrogen) atoms. The van der Waals surface area contributed by atoms with Gasteiger partial charge in [-0.1, -0.05) is 46.8 Å². The number of fused-ring (bicyclic) bond motifs is 1. The maximum atomic E-state index is 12.4. The summed E-state index contributed by atoms with van der Waals surface area (Å²) in [7, 11) is -3.30. The molecule has 0 saturated carbocycles. The molecule has 1 aromatic heterocycles. The van der Waals surface area contributed by atoms with Crippen LogP contribution < -0.4 is 5.32 Å². The second kappa shape index (κ2) is 6.75. The highest BCUT2D eigenvalue weighted by Gasteiger charge is 2.27. The number of benzene rings is 2. The van der Waals surface area contributed by atoms with Gasteiger partial charge in [0.15, 0.2) is 21.1 Å². The third-order valence-electron chi connectivity index (χ3n) is 4.11. The fourth-order valence-electron chi connectivity index (χ4n) is 2.72. The molecule has 138 valence electrons. The summed E-state index contributed by atoms with van der Waals surface area (Å²) in [5, 5.41) is 6.98. The minimum Gasteiger partial charge on any atom is -0.387 e. The van der Waals surface area contributed by atoms with E-state index >= 15 is 0 Å². The Balaban J connectivity index is 1.48. The van der Waals surface area contributed by atoms with Crippen molar-refractivity contribution in [2.24, 2.45) is 5.16 Å². The van der Waals surface area contributed by atoms with Crippen LogP contribution in [-0.4, -0.2) is 31.3 Å². The second-order valence-corrected chi connectivity index (χ2v) is 9.17. The number of hydrogen-bond donors (Lipinski definition) is 1. The maximum absolute atomic E-state index is 12.4. The number of nitrogens with zero attached hydrogens (tertiary/aromatic N) is 2. The Hall–Kier alpha value is -2.78. The maximum Gasteiger partial charge on any atom is 0.275 e. The van der Waals surface area contributed by atoms with Crippen LogP contribution in [0.15, 0.2) is 58.6 Å². The lowest BCUT2D eigenvalue weighted by Crippen LogP contribution is -2.21. The van der Waals surface area contributed by atoms with Gasteiger partial charge in [-0.15, -0.1) is 0 Å². The molecule has 1 unspecified atom stereocenters. The molecule has 1 amide bonds. The van der Waals surface area contributed by atoms with Crippen molar-refractivity contribution in [3.8, 4) is 0 Å². The third kappa shape index (κ3) is 3.69. The van der Waals surface area contributed by atoms with Crippen molar-refractivity contribution in [1.29, 1.82) is 0 Å². The van der Waals surface area contributed by atoms with E-state index in [1.165, 1.54) is 17.4 Å². The highest BCUT2D eigenvalue weighted by Crippen LogP contribution is 2.30. The Bertz CT molecular complexity index is 1150. The minimum atomic E-state index is -3.30. The second-order valence-electron chi connectivity index (χ2n) is 6.12. The van der Waals surface area contributed by atoms with Crippen LogP contribution in [0.1, 0.15) is 18.1 Å². The van der Waals surface area contributed by atoms with Crippen molar-refractivity contribution < 1.29 is 18.0 Å². The first kappa shape index (κ1) is 17.6. The summed E-state index contributed by atoms with van der Waals surface area (Å²) in [5.41, 5.74) is 1.87. The Labute approximate surface area is 159 Å². The van der Waals surface area contributed by atoms with Gasteiger partial charge in [0.2, 0.25) is 0 Å². The molecule has 9 heteroatoms. The molecule has 1 aliphatic rings. The van der Waals surface area contributed by atoms with E-state index in [1.807, 2.05) is 30.3 Å². The van der Waals surface area contributed by atoms with Gasteiger partial charge in [0.25, 0.3) is 5.91 Å². The van der Waals surface area contributed by atoms with Crippen molar-refractivity contribution in [2.75, 3.05) is 11.6 Å². The molecule has 0 spiro atoms. The largest absolute Gasteiger partial charge is 0.387 e. The zero-order valence-electron chi connectivity index (χ0n) is 14.2. The molecule has 0 bridgehead atoms. The van der Waals surface area contributed by atoms with E-state index in [9.17, 15) is 13.2 Å². The highest BCUT2D eigenvalue weighted by atomic mass is 32.2. The van der Waals surface area contributed by atoms with Crippen LogP contribution >= 0.6 is 11.3 Å². The van der Waals surface area contributed by atoms with Gasteiger partial charge in [-0.3, -0.25) is 10.1 Å². The molecule has 4 rings (SSSR count). The molecule has 0 saturated heterocycles. The summed E-state index contributed by atoms with van der Waals surface area (Å²) in [4.78, 5) is 22.3. The summed E-state index contributed by atoms with van der Waals surface area (Å²) in [5.74, 6) is -0.379. The smallest absolute Gasteiger partial charge is 0.275 e. The lowest BCUT2D eigenvalue weighted by atomic mass is 10.0. The van der Waals surface area contributed by atoms with Gasteiger partial charge in [-0.05, 0) is 23.8 Å². The van der Waals surface area contributed by atoms with Crippen LogP contribution in [0.4, 0.5) is 5.13 Å². The summed E-state index contributed by atoms with van der Waals surface area (Å²) in [6.45, 7) is 0. The first-order valence-corrected chi connectivity index (χ1v) is 10.8. The third-order valence-corrected chi connectivity index (χ3v) is 6.15. The number of rotatable bonds is 4. The number of oxime groups is 1. The zero-order chi connectivity index (χ0) is 19.0. The molecular formula is C18H15N3O4S2. The molecule has 2 aromatic carbocycles. The lowest BCUT2D eigenvalue weighted by Gasteiger charge is -2.07. The van der Waals surface area contributed by atoms with Crippen molar-refractivity contribution in [3.63, 3.8) is 0 Å². The Morgan fingerprint density at radius 1 is 1.22 bits per heavy atom. The van der Waals surface area contributed by atoms with Crippen molar-refractivity contribution >= 4 is 48.1 Å².